The number of hydrogen-bond acceptors (Lipinski definition) is 4. The van der Waals surface area contributed by atoms with E-state index in [1.165, 1.54) is 25.7 Å². The van der Waals surface area contributed by atoms with Gasteiger partial charge in [-0.15, -0.1) is 0 Å². The molecular formula is C24H39N3O2. The highest BCUT2D eigenvalue weighted by Gasteiger charge is 2.41. The highest BCUT2D eigenvalue weighted by atomic mass is 16.3. The molecule has 29 heavy (non-hydrogen) atoms. The molecule has 5 atom stereocenters. The molecule has 1 saturated heterocycles. The van der Waals surface area contributed by atoms with Crippen molar-refractivity contribution in [1.29, 1.82) is 0 Å². The number of rotatable bonds is 6. The summed E-state index contributed by atoms with van der Waals surface area (Å²) < 4.78 is 0. The number of nitrogens with two attached hydrogens (primary N) is 1. The SMILES string of the molecule is CC(C)(C)NC(=O)C1C[C@@H]2CCCC[C@@H]2CN1C[C@@H](O)[C@@H](N)Cc1ccccc1. The zero-order valence-corrected chi connectivity index (χ0v) is 18.3. The average molecular weight is 402 g/mol. The number of carbonyl (C=O) groups excluding carboxylic acids is 1. The van der Waals surface area contributed by atoms with Crippen LogP contribution in [-0.2, 0) is 11.2 Å². The van der Waals surface area contributed by atoms with Gasteiger partial charge in [0, 0.05) is 24.7 Å². The lowest BCUT2D eigenvalue weighted by Gasteiger charge is -2.46. The van der Waals surface area contributed by atoms with Gasteiger partial charge in [-0.05, 0) is 57.4 Å². The molecule has 3 rings (SSSR count). The minimum absolute atomic E-state index is 0.0883. The van der Waals surface area contributed by atoms with Crippen molar-refractivity contribution in [3.05, 3.63) is 35.9 Å². The van der Waals surface area contributed by atoms with Crippen molar-refractivity contribution in [3.63, 3.8) is 0 Å². The summed E-state index contributed by atoms with van der Waals surface area (Å²) in [5, 5.41) is 14.0. The van der Waals surface area contributed by atoms with Crippen LogP contribution in [0.25, 0.3) is 0 Å². The van der Waals surface area contributed by atoms with Gasteiger partial charge in [0.05, 0.1) is 12.1 Å². The fourth-order valence-electron chi connectivity index (χ4n) is 5.02. The number of nitrogens with zero attached hydrogens (tertiary/aromatic N) is 1. The van der Waals surface area contributed by atoms with E-state index in [0.717, 1.165) is 18.5 Å². The van der Waals surface area contributed by atoms with E-state index < -0.39 is 6.10 Å². The summed E-state index contributed by atoms with van der Waals surface area (Å²) in [7, 11) is 0. The molecule has 1 aromatic rings. The smallest absolute Gasteiger partial charge is 0.237 e. The molecule has 162 valence electrons. The fraction of sp³-hybridized carbons (Fsp3) is 0.708. The Kier molecular flexibility index (Phi) is 7.36. The normalized spacial score (nSPS) is 27.7. The zero-order chi connectivity index (χ0) is 21.0. The maximum Gasteiger partial charge on any atom is 0.237 e. The second-order valence-corrected chi connectivity index (χ2v) is 10.2. The Balaban J connectivity index is 1.67. The average Bonchev–Trinajstić information content (AvgIpc) is 2.66. The van der Waals surface area contributed by atoms with Gasteiger partial charge in [-0.1, -0.05) is 49.6 Å². The monoisotopic (exact) mass is 401 g/mol. The fourth-order valence-corrected chi connectivity index (χ4v) is 5.02. The number of fused-ring (bicyclic) bond motifs is 1. The van der Waals surface area contributed by atoms with Crippen molar-refractivity contribution < 1.29 is 9.90 Å². The molecule has 1 heterocycles. The predicted octanol–water partition coefficient (Wildman–Crippen LogP) is 2.71. The van der Waals surface area contributed by atoms with E-state index >= 15 is 0 Å². The van der Waals surface area contributed by atoms with E-state index in [4.69, 9.17) is 5.73 Å². The summed E-state index contributed by atoms with van der Waals surface area (Å²) in [5.74, 6) is 1.36. The van der Waals surface area contributed by atoms with Crippen molar-refractivity contribution >= 4 is 5.91 Å². The van der Waals surface area contributed by atoms with E-state index in [9.17, 15) is 9.90 Å². The molecule has 2 fully saturated rings. The van der Waals surface area contributed by atoms with E-state index in [-0.39, 0.29) is 23.5 Å². The van der Waals surface area contributed by atoms with E-state index in [1.54, 1.807) is 0 Å². The van der Waals surface area contributed by atoms with Crippen LogP contribution < -0.4 is 11.1 Å². The number of aliphatic hydroxyl groups excluding tert-OH is 1. The van der Waals surface area contributed by atoms with Crippen molar-refractivity contribution in [1.82, 2.24) is 10.2 Å². The first-order valence-corrected chi connectivity index (χ1v) is 11.3. The molecule has 1 unspecified atom stereocenters. The first kappa shape index (κ1) is 22.3. The largest absolute Gasteiger partial charge is 0.390 e. The van der Waals surface area contributed by atoms with Crippen molar-refractivity contribution in [2.24, 2.45) is 17.6 Å². The molecule has 0 radical (unpaired) electrons. The molecule has 4 N–H and O–H groups in total. The Labute approximate surface area is 176 Å². The number of piperidine rings is 1. The van der Waals surface area contributed by atoms with Crippen LogP contribution in [0, 0.1) is 11.8 Å². The number of nitrogens with one attached hydrogen (secondary N) is 1. The van der Waals surface area contributed by atoms with Gasteiger partial charge in [0.2, 0.25) is 5.91 Å². The van der Waals surface area contributed by atoms with Crippen LogP contribution in [0.1, 0.15) is 58.4 Å². The van der Waals surface area contributed by atoms with Crippen molar-refractivity contribution in [2.75, 3.05) is 13.1 Å². The molecule has 5 nitrogen and oxygen atoms in total. The molecule has 1 aromatic carbocycles. The number of carbonyl (C=O) groups is 1. The Morgan fingerprint density at radius 1 is 1.21 bits per heavy atom. The Bertz CT molecular complexity index is 658. The summed E-state index contributed by atoms with van der Waals surface area (Å²) in [6.45, 7) is 7.41. The van der Waals surface area contributed by atoms with Gasteiger partial charge in [0.1, 0.15) is 0 Å². The molecule has 1 saturated carbocycles. The van der Waals surface area contributed by atoms with Gasteiger partial charge in [0.25, 0.3) is 0 Å². The van der Waals surface area contributed by atoms with Crippen LogP contribution in [0.5, 0.6) is 0 Å². The van der Waals surface area contributed by atoms with Crippen molar-refractivity contribution in [3.8, 4) is 0 Å². The van der Waals surface area contributed by atoms with E-state index in [2.05, 4.69) is 10.2 Å². The van der Waals surface area contributed by atoms with Crippen LogP contribution in [0.3, 0.4) is 0 Å². The first-order chi connectivity index (χ1) is 13.7. The number of aliphatic hydroxyl groups is 1. The zero-order valence-electron chi connectivity index (χ0n) is 18.3. The summed E-state index contributed by atoms with van der Waals surface area (Å²) in [6.07, 6.45) is 5.91. The van der Waals surface area contributed by atoms with Crippen molar-refractivity contribution in [2.45, 2.75) is 83.0 Å². The van der Waals surface area contributed by atoms with Gasteiger partial charge >= 0.3 is 0 Å². The Morgan fingerprint density at radius 2 is 1.86 bits per heavy atom. The summed E-state index contributed by atoms with van der Waals surface area (Å²) >= 11 is 0. The second-order valence-electron chi connectivity index (χ2n) is 10.2. The second kappa shape index (κ2) is 9.59. The maximum absolute atomic E-state index is 13.1. The Morgan fingerprint density at radius 3 is 2.52 bits per heavy atom. The predicted molar refractivity (Wildman–Crippen MR) is 117 cm³/mol. The van der Waals surface area contributed by atoms with Crippen LogP contribution in [-0.4, -0.2) is 52.7 Å². The summed E-state index contributed by atoms with van der Waals surface area (Å²) in [4.78, 5) is 15.3. The molecule has 0 aromatic heterocycles. The van der Waals surface area contributed by atoms with Crippen LogP contribution in [0.2, 0.25) is 0 Å². The van der Waals surface area contributed by atoms with Gasteiger partial charge in [-0.2, -0.15) is 0 Å². The quantitative estimate of drug-likeness (QED) is 0.685. The lowest BCUT2D eigenvalue weighted by Crippen LogP contribution is -2.59. The number of amides is 1. The number of benzene rings is 1. The molecule has 1 amide bonds. The van der Waals surface area contributed by atoms with E-state index in [0.29, 0.717) is 24.8 Å². The third-order valence-electron chi connectivity index (χ3n) is 6.53. The third kappa shape index (κ3) is 6.27. The molecule has 1 aliphatic carbocycles. The van der Waals surface area contributed by atoms with Crippen LogP contribution in [0.4, 0.5) is 0 Å². The minimum Gasteiger partial charge on any atom is -0.390 e. The summed E-state index contributed by atoms with van der Waals surface area (Å²) in [5.41, 5.74) is 7.22. The van der Waals surface area contributed by atoms with Gasteiger partial charge in [-0.25, -0.2) is 0 Å². The highest BCUT2D eigenvalue weighted by Crippen LogP contribution is 2.38. The molecular weight excluding hydrogens is 362 g/mol. The van der Waals surface area contributed by atoms with Crippen LogP contribution in [0.15, 0.2) is 30.3 Å². The number of hydrogen-bond donors (Lipinski definition) is 3. The lowest BCUT2D eigenvalue weighted by molar-refractivity contribution is -0.132. The molecule has 2 aliphatic rings. The number of β-amino-alcohol motifs (C(OH)–C–C–N with tert-alkyl or cyclic N) is 1. The topological polar surface area (TPSA) is 78.6 Å². The summed E-state index contributed by atoms with van der Waals surface area (Å²) in [6, 6.07) is 9.54. The maximum atomic E-state index is 13.1. The molecule has 1 aliphatic heterocycles. The minimum atomic E-state index is -0.653. The molecule has 0 spiro atoms. The molecule has 0 bridgehead atoms. The van der Waals surface area contributed by atoms with Gasteiger partial charge in [-0.3, -0.25) is 9.69 Å². The lowest BCUT2D eigenvalue weighted by atomic mass is 9.72. The van der Waals surface area contributed by atoms with E-state index in [1.807, 2.05) is 51.1 Å². The Hall–Kier alpha value is -1.43. The first-order valence-electron chi connectivity index (χ1n) is 11.3. The highest BCUT2D eigenvalue weighted by molar-refractivity contribution is 5.82. The van der Waals surface area contributed by atoms with Crippen LogP contribution >= 0.6 is 0 Å². The molecule has 5 heteroatoms. The number of likely N-dealkylation sites (tertiary alicyclic amines) is 1. The standard InChI is InChI=1S/C24H39N3O2/c1-24(2,3)26-23(29)21-14-18-11-7-8-12-19(18)15-27(21)16-22(28)20(25)13-17-9-5-4-6-10-17/h4-6,9-10,18-22,28H,7-8,11-16,25H2,1-3H3,(H,26,29)/t18-,19+,20-,21?,22+/m0/s1. The third-order valence-corrected chi connectivity index (χ3v) is 6.53. The van der Waals surface area contributed by atoms with Gasteiger partial charge in [0.15, 0.2) is 0 Å². The van der Waals surface area contributed by atoms with Gasteiger partial charge < -0.3 is 16.2 Å².